The lowest BCUT2D eigenvalue weighted by Crippen LogP contribution is -2.49. The Hall–Kier alpha value is -1.30. The number of amides is 2. The van der Waals surface area contributed by atoms with Gasteiger partial charge >= 0.3 is 12.0 Å². The summed E-state index contributed by atoms with van der Waals surface area (Å²) >= 11 is 0. The van der Waals surface area contributed by atoms with Crippen LogP contribution in [0.4, 0.5) is 4.79 Å². The molecule has 108 valence electrons. The van der Waals surface area contributed by atoms with Gasteiger partial charge in [0.05, 0.1) is 24.7 Å². The van der Waals surface area contributed by atoms with Crippen molar-refractivity contribution in [2.75, 3.05) is 0 Å². The molecular weight excluding hydrogens is 248 g/mol. The molecule has 2 rings (SSSR count). The van der Waals surface area contributed by atoms with Gasteiger partial charge in [0.15, 0.2) is 0 Å². The molecule has 0 spiro atoms. The van der Waals surface area contributed by atoms with E-state index in [0.29, 0.717) is 12.5 Å². The summed E-state index contributed by atoms with van der Waals surface area (Å²) in [5.41, 5.74) is 0. The number of carbonyl (C=O) groups excluding carboxylic acids is 1. The fraction of sp³-hybridized carbons (Fsp3) is 0.846. The Kier molecular flexibility index (Phi) is 4.63. The maximum Gasteiger partial charge on any atom is 0.315 e. The Morgan fingerprint density at radius 2 is 2.21 bits per heavy atom. The second-order valence-corrected chi connectivity index (χ2v) is 5.42. The molecule has 6 nitrogen and oxygen atoms in total. The van der Waals surface area contributed by atoms with Crippen molar-refractivity contribution >= 4 is 12.0 Å². The Labute approximate surface area is 112 Å². The highest BCUT2D eigenvalue weighted by atomic mass is 16.5. The Morgan fingerprint density at radius 3 is 2.74 bits per heavy atom. The van der Waals surface area contributed by atoms with Crippen molar-refractivity contribution < 1.29 is 19.4 Å². The lowest BCUT2D eigenvalue weighted by Gasteiger charge is -2.22. The van der Waals surface area contributed by atoms with Crippen LogP contribution in [0.1, 0.15) is 45.4 Å². The first kappa shape index (κ1) is 14.1. The fourth-order valence-electron chi connectivity index (χ4n) is 2.97. The third kappa shape index (κ3) is 3.83. The van der Waals surface area contributed by atoms with E-state index in [1.165, 1.54) is 0 Å². The first-order valence-electron chi connectivity index (χ1n) is 7.02. The van der Waals surface area contributed by atoms with Crippen LogP contribution in [-0.2, 0) is 9.53 Å². The number of rotatable bonds is 6. The van der Waals surface area contributed by atoms with Gasteiger partial charge in [-0.05, 0) is 25.7 Å². The molecule has 3 N–H and O–H groups in total. The number of hydrogen-bond donors (Lipinski definition) is 3. The van der Waals surface area contributed by atoms with E-state index >= 15 is 0 Å². The minimum absolute atomic E-state index is 0.0333. The SMILES string of the molecule is CCCC(CC(=O)O)NC(=O)NC1CC2CCC1O2. The second-order valence-electron chi connectivity index (χ2n) is 5.42. The molecule has 2 amide bonds. The average Bonchev–Trinajstić information content (AvgIpc) is 2.89. The number of carbonyl (C=O) groups is 2. The quantitative estimate of drug-likeness (QED) is 0.678. The molecule has 2 heterocycles. The average molecular weight is 270 g/mol. The minimum atomic E-state index is -0.887. The summed E-state index contributed by atoms with van der Waals surface area (Å²) in [7, 11) is 0. The molecule has 2 fully saturated rings. The molecule has 0 aromatic rings. The summed E-state index contributed by atoms with van der Waals surface area (Å²) in [5.74, 6) is -0.887. The third-order valence-electron chi connectivity index (χ3n) is 3.82. The third-order valence-corrected chi connectivity index (χ3v) is 3.82. The van der Waals surface area contributed by atoms with E-state index in [0.717, 1.165) is 25.7 Å². The normalized spacial score (nSPS) is 30.1. The van der Waals surface area contributed by atoms with Gasteiger partial charge in [0, 0.05) is 6.04 Å². The number of aliphatic carboxylic acids is 1. The number of carboxylic acids is 1. The van der Waals surface area contributed by atoms with Gasteiger partial charge in [0.2, 0.25) is 0 Å². The molecule has 0 aromatic carbocycles. The minimum Gasteiger partial charge on any atom is -0.481 e. The van der Waals surface area contributed by atoms with Gasteiger partial charge in [0.1, 0.15) is 0 Å². The highest BCUT2D eigenvalue weighted by Gasteiger charge is 2.41. The molecule has 2 bridgehead atoms. The zero-order valence-electron chi connectivity index (χ0n) is 11.2. The van der Waals surface area contributed by atoms with Gasteiger partial charge in [0.25, 0.3) is 0 Å². The Bertz CT molecular complexity index is 348. The summed E-state index contributed by atoms with van der Waals surface area (Å²) in [6.07, 6.45) is 4.87. The van der Waals surface area contributed by atoms with Crippen LogP contribution in [-0.4, -0.2) is 41.4 Å². The lowest BCUT2D eigenvalue weighted by molar-refractivity contribution is -0.137. The Morgan fingerprint density at radius 1 is 1.42 bits per heavy atom. The van der Waals surface area contributed by atoms with Crippen molar-refractivity contribution in [2.45, 2.75) is 69.7 Å². The standard InChI is InChI=1S/C13H22N2O4/c1-2-3-8(6-12(16)17)14-13(18)15-10-7-9-4-5-11(10)19-9/h8-11H,2-7H2,1H3,(H,16,17)(H2,14,15,18). The molecule has 2 saturated heterocycles. The molecule has 6 heteroatoms. The summed E-state index contributed by atoms with van der Waals surface area (Å²) in [4.78, 5) is 22.6. The number of urea groups is 1. The largest absolute Gasteiger partial charge is 0.481 e. The summed E-state index contributed by atoms with van der Waals surface area (Å²) in [6, 6.07) is -0.506. The molecule has 19 heavy (non-hydrogen) atoms. The molecule has 0 saturated carbocycles. The van der Waals surface area contributed by atoms with Crippen LogP contribution in [0.25, 0.3) is 0 Å². The molecule has 0 radical (unpaired) electrons. The van der Waals surface area contributed by atoms with Crippen LogP contribution < -0.4 is 10.6 Å². The van der Waals surface area contributed by atoms with E-state index in [4.69, 9.17) is 9.84 Å². The van der Waals surface area contributed by atoms with Crippen LogP contribution in [0.5, 0.6) is 0 Å². The van der Waals surface area contributed by atoms with Crippen LogP contribution in [0, 0.1) is 0 Å². The van der Waals surface area contributed by atoms with Crippen molar-refractivity contribution in [1.82, 2.24) is 10.6 Å². The first-order valence-corrected chi connectivity index (χ1v) is 7.02. The van der Waals surface area contributed by atoms with Crippen molar-refractivity contribution in [3.63, 3.8) is 0 Å². The van der Waals surface area contributed by atoms with Gasteiger partial charge in [-0.3, -0.25) is 4.79 Å². The zero-order valence-corrected chi connectivity index (χ0v) is 11.2. The monoisotopic (exact) mass is 270 g/mol. The van der Waals surface area contributed by atoms with Gasteiger partial charge in [-0.25, -0.2) is 4.79 Å². The molecule has 2 aliphatic heterocycles. The molecular formula is C13H22N2O4. The van der Waals surface area contributed by atoms with Gasteiger partial charge in [-0.15, -0.1) is 0 Å². The fourth-order valence-corrected chi connectivity index (χ4v) is 2.97. The van der Waals surface area contributed by atoms with E-state index in [9.17, 15) is 9.59 Å². The van der Waals surface area contributed by atoms with Crippen LogP contribution in [0.3, 0.4) is 0 Å². The number of carboxylic acid groups (broad SMARTS) is 1. The van der Waals surface area contributed by atoms with E-state index in [2.05, 4.69) is 10.6 Å². The highest BCUT2D eigenvalue weighted by Crippen LogP contribution is 2.34. The summed E-state index contributed by atoms with van der Waals surface area (Å²) < 4.78 is 5.67. The van der Waals surface area contributed by atoms with E-state index in [1.807, 2.05) is 6.92 Å². The Balaban J connectivity index is 1.77. The topological polar surface area (TPSA) is 87.7 Å². The van der Waals surface area contributed by atoms with Crippen molar-refractivity contribution in [3.8, 4) is 0 Å². The van der Waals surface area contributed by atoms with Crippen LogP contribution in [0.15, 0.2) is 0 Å². The number of fused-ring (bicyclic) bond motifs is 2. The second kappa shape index (κ2) is 6.23. The maximum atomic E-state index is 11.9. The van der Waals surface area contributed by atoms with E-state index < -0.39 is 5.97 Å². The van der Waals surface area contributed by atoms with Crippen molar-refractivity contribution in [2.24, 2.45) is 0 Å². The molecule has 4 unspecified atom stereocenters. The highest BCUT2D eigenvalue weighted by molar-refractivity contribution is 5.76. The summed E-state index contributed by atoms with van der Waals surface area (Å²) in [6.45, 7) is 1.97. The zero-order chi connectivity index (χ0) is 13.8. The summed E-state index contributed by atoms with van der Waals surface area (Å²) in [5, 5.41) is 14.5. The maximum absolute atomic E-state index is 11.9. The predicted molar refractivity (Wildman–Crippen MR) is 68.9 cm³/mol. The number of ether oxygens (including phenoxy) is 1. The lowest BCUT2D eigenvalue weighted by atomic mass is 9.96. The molecule has 0 aromatic heterocycles. The predicted octanol–water partition coefficient (Wildman–Crippen LogP) is 1.25. The van der Waals surface area contributed by atoms with Crippen molar-refractivity contribution in [3.05, 3.63) is 0 Å². The number of hydrogen-bond acceptors (Lipinski definition) is 3. The van der Waals surface area contributed by atoms with Crippen LogP contribution in [0.2, 0.25) is 0 Å². The molecule has 4 atom stereocenters. The smallest absolute Gasteiger partial charge is 0.315 e. The van der Waals surface area contributed by atoms with E-state index in [-0.39, 0.29) is 30.6 Å². The molecule has 2 aliphatic rings. The number of nitrogens with one attached hydrogen (secondary N) is 2. The van der Waals surface area contributed by atoms with Crippen molar-refractivity contribution in [1.29, 1.82) is 0 Å². The van der Waals surface area contributed by atoms with Gasteiger partial charge in [-0.1, -0.05) is 13.3 Å². The van der Waals surface area contributed by atoms with Gasteiger partial charge in [-0.2, -0.15) is 0 Å². The first-order chi connectivity index (χ1) is 9.08. The molecule has 0 aliphatic carbocycles. The van der Waals surface area contributed by atoms with Gasteiger partial charge < -0.3 is 20.5 Å². The van der Waals surface area contributed by atoms with Crippen LogP contribution >= 0.6 is 0 Å². The van der Waals surface area contributed by atoms with E-state index in [1.54, 1.807) is 0 Å².